The van der Waals surface area contributed by atoms with Crippen molar-refractivity contribution in [2.75, 3.05) is 38.1 Å². The molecule has 1 aromatic heterocycles. The number of hydrogen-bond donors (Lipinski definition) is 1. The van der Waals surface area contributed by atoms with Crippen molar-refractivity contribution < 1.29 is 14.3 Å². The second-order valence-corrected chi connectivity index (χ2v) is 3.49. The fourth-order valence-corrected chi connectivity index (χ4v) is 1.43. The summed E-state index contributed by atoms with van der Waals surface area (Å²) in [7, 11) is 2.04. The van der Waals surface area contributed by atoms with Crippen LogP contribution in [0.2, 0.25) is 0 Å². The van der Waals surface area contributed by atoms with E-state index in [2.05, 4.69) is 15.1 Å². The van der Waals surface area contributed by atoms with E-state index in [1.807, 2.05) is 11.9 Å². The Morgan fingerprint density at radius 3 is 2.53 bits per heavy atom. The quantitative estimate of drug-likeness (QED) is 0.708. The molecule has 1 aliphatic heterocycles. The van der Waals surface area contributed by atoms with Crippen LogP contribution < -0.4 is 4.90 Å². The van der Waals surface area contributed by atoms with Crippen LogP contribution in [0.25, 0.3) is 0 Å². The number of nitrogens with zero attached hydrogens (tertiary/aromatic N) is 4. The van der Waals surface area contributed by atoms with Crippen molar-refractivity contribution in [2.45, 2.75) is 0 Å². The van der Waals surface area contributed by atoms with Crippen LogP contribution in [0.1, 0.15) is 10.7 Å². The Labute approximate surface area is 86.3 Å². The van der Waals surface area contributed by atoms with Crippen molar-refractivity contribution in [1.82, 2.24) is 15.1 Å². The van der Waals surface area contributed by atoms with Gasteiger partial charge in [0.05, 0.1) is 0 Å². The average Bonchev–Trinajstić information content (AvgIpc) is 2.68. The Kier molecular flexibility index (Phi) is 2.55. The van der Waals surface area contributed by atoms with Crippen LogP contribution in [-0.2, 0) is 0 Å². The summed E-state index contributed by atoms with van der Waals surface area (Å²) in [6.07, 6.45) is 0. The van der Waals surface area contributed by atoms with Gasteiger partial charge in [-0.05, 0) is 7.05 Å². The van der Waals surface area contributed by atoms with Gasteiger partial charge in [-0.1, -0.05) is 10.2 Å². The van der Waals surface area contributed by atoms with Crippen molar-refractivity contribution in [3.8, 4) is 0 Å². The van der Waals surface area contributed by atoms with Gasteiger partial charge in [0.15, 0.2) is 0 Å². The lowest BCUT2D eigenvalue weighted by Crippen LogP contribution is -2.44. The van der Waals surface area contributed by atoms with Gasteiger partial charge in [0.25, 0.3) is 0 Å². The molecule has 1 aliphatic rings. The standard InChI is InChI=1S/C8H12N4O3/c1-11-2-4-12(5-3-11)8-10-9-6(15-8)7(13)14/h2-5H2,1H3,(H,13,14). The van der Waals surface area contributed by atoms with Crippen LogP contribution in [0.15, 0.2) is 4.42 Å². The molecule has 1 fully saturated rings. The maximum atomic E-state index is 10.5. The highest BCUT2D eigenvalue weighted by Gasteiger charge is 2.21. The Morgan fingerprint density at radius 1 is 1.33 bits per heavy atom. The molecule has 15 heavy (non-hydrogen) atoms. The molecule has 0 atom stereocenters. The van der Waals surface area contributed by atoms with Crippen molar-refractivity contribution in [3.05, 3.63) is 5.89 Å². The zero-order valence-corrected chi connectivity index (χ0v) is 8.38. The highest BCUT2D eigenvalue weighted by Crippen LogP contribution is 2.13. The number of aromatic carboxylic acids is 1. The maximum Gasteiger partial charge on any atom is 0.393 e. The molecule has 0 aromatic carbocycles. The summed E-state index contributed by atoms with van der Waals surface area (Å²) < 4.78 is 5.01. The van der Waals surface area contributed by atoms with E-state index in [0.29, 0.717) is 6.01 Å². The molecule has 2 heterocycles. The Balaban J connectivity index is 2.06. The molecule has 1 aromatic rings. The largest absolute Gasteiger partial charge is 0.474 e. The second-order valence-electron chi connectivity index (χ2n) is 3.49. The van der Waals surface area contributed by atoms with Gasteiger partial charge in [0, 0.05) is 26.2 Å². The van der Waals surface area contributed by atoms with Crippen LogP contribution in [0.4, 0.5) is 6.01 Å². The van der Waals surface area contributed by atoms with Gasteiger partial charge in [-0.3, -0.25) is 0 Å². The van der Waals surface area contributed by atoms with Gasteiger partial charge < -0.3 is 19.3 Å². The summed E-state index contributed by atoms with van der Waals surface area (Å²) in [6, 6.07) is 0.292. The van der Waals surface area contributed by atoms with E-state index >= 15 is 0 Å². The van der Waals surface area contributed by atoms with E-state index in [1.165, 1.54) is 0 Å². The number of anilines is 1. The topological polar surface area (TPSA) is 82.7 Å². The predicted octanol–water partition coefficient (Wildman–Crippen LogP) is -0.480. The van der Waals surface area contributed by atoms with Crippen LogP contribution >= 0.6 is 0 Å². The normalized spacial score (nSPS) is 18.1. The van der Waals surface area contributed by atoms with Crippen LogP contribution in [-0.4, -0.2) is 59.4 Å². The summed E-state index contributed by atoms with van der Waals surface area (Å²) in [4.78, 5) is 14.6. The number of aromatic nitrogens is 2. The average molecular weight is 212 g/mol. The van der Waals surface area contributed by atoms with Gasteiger partial charge in [-0.2, -0.15) is 0 Å². The minimum Gasteiger partial charge on any atom is -0.474 e. The zero-order valence-electron chi connectivity index (χ0n) is 8.38. The fourth-order valence-electron chi connectivity index (χ4n) is 1.43. The smallest absolute Gasteiger partial charge is 0.393 e. The first kappa shape index (κ1) is 9.91. The number of carboxylic acid groups (broad SMARTS) is 1. The van der Waals surface area contributed by atoms with E-state index in [0.717, 1.165) is 26.2 Å². The van der Waals surface area contributed by atoms with Crippen LogP contribution in [0.5, 0.6) is 0 Å². The number of hydrogen-bond acceptors (Lipinski definition) is 6. The molecular formula is C8H12N4O3. The predicted molar refractivity (Wildman–Crippen MR) is 51.0 cm³/mol. The first-order valence-corrected chi connectivity index (χ1v) is 4.67. The molecule has 0 radical (unpaired) electrons. The van der Waals surface area contributed by atoms with Crippen molar-refractivity contribution in [3.63, 3.8) is 0 Å². The summed E-state index contributed by atoms with van der Waals surface area (Å²) in [5, 5.41) is 15.8. The first-order chi connectivity index (χ1) is 7.16. The number of piperazine rings is 1. The highest BCUT2D eigenvalue weighted by atomic mass is 16.4. The zero-order chi connectivity index (χ0) is 10.8. The number of carbonyl (C=O) groups is 1. The third-order valence-electron chi connectivity index (χ3n) is 2.37. The van der Waals surface area contributed by atoms with E-state index in [-0.39, 0.29) is 5.89 Å². The molecule has 0 spiro atoms. The number of carboxylic acids is 1. The van der Waals surface area contributed by atoms with Crippen LogP contribution in [0.3, 0.4) is 0 Å². The molecule has 0 saturated carbocycles. The molecule has 1 saturated heterocycles. The van der Waals surface area contributed by atoms with Gasteiger partial charge in [-0.25, -0.2) is 4.79 Å². The second kappa shape index (κ2) is 3.85. The van der Waals surface area contributed by atoms with E-state index in [1.54, 1.807) is 0 Å². The Bertz CT molecular complexity index is 357. The molecule has 0 amide bonds. The molecule has 0 aliphatic carbocycles. The molecule has 0 unspecified atom stereocenters. The summed E-state index contributed by atoms with van der Waals surface area (Å²) in [5.41, 5.74) is 0. The highest BCUT2D eigenvalue weighted by molar-refractivity contribution is 5.82. The number of rotatable bonds is 2. The maximum absolute atomic E-state index is 10.5. The molecular weight excluding hydrogens is 200 g/mol. The molecule has 7 nitrogen and oxygen atoms in total. The monoisotopic (exact) mass is 212 g/mol. The molecule has 0 bridgehead atoms. The lowest BCUT2D eigenvalue weighted by molar-refractivity contribution is 0.0654. The summed E-state index contributed by atoms with van der Waals surface area (Å²) in [6.45, 7) is 3.37. The van der Waals surface area contributed by atoms with E-state index in [4.69, 9.17) is 9.52 Å². The molecule has 1 N–H and O–H groups in total. The fraction of sp³-hybridized carbons (Fsp3) is 0.625. The SMILES string of the molecule is CN1CCN(c2nnc(C(=O)O)o2)CC1. The third-order valence-corrected chi connectivity index (χ3v) is 2.37. The minimum atomic E-state index is -1.19. The van der Waals surface area contributed by atoms with Gasteiger partial charge in [-0.15, -0.1) is 0 Å². The van der Waals surface area contributed by atoms with Crippen molar-refractivity contribution in [2.24, 2.45) is 0 Å². The molecule has 82 valence electrons. The van der Waals surface area contributed by atoms with Crippen molar-refractivity contribution in [1.29, 1.82) is 0 Å². The van der Waals surface area contributed by atoms with E-state index < -0.39 is 5.97 Å². The molecule has 2 rings (SSSR count). The Hall–Kier alpha value is -1.63. The lowest BCUT2D eigenvalue weighted by atomic mass is 10.3. The number of likely N-dealkylation sites (N-methyl/N-ethyl adjacent to an activating group) is 1. The van der Waals surface area contributed by atoms with Gasteiger partial charge >= 0.3 is 17.9 Å². The summed E-state index contributed by atoms with van der Waals surface area (Å²) >= 11 is 0. The summed E-state index contributed by atoms with van der Waals surface area (Å²) in [5.74, 6) is -1.55. The minimum absolute atomic E-state index is 0.292. The molecule has 7 heteroatoms. The van der Waals surface area contributed by atoms with Gasteiger partial charge in [0.2, 0.25) is 0 Å². The van der Waals surface area contributed by atoms with Crippen LogP contribution in [0, 0.1) is 0 Å². The van der Waals surface area contributed by atoms with Gasteiger partial charge in [0.1, 0.15) is 0 Å². The Morgan fingerprint density at radius 2 is 2.00 bits per heavy atom. The van der Waals surface area contributed by atoms with Crippen molar-refractivity contribution >= 4 is 12.0 Å². The first-order valence-electron chi connectivity index (χ1n) is 4.67. The third kappa shape index (κ3) is 2.07. The lowest BCUT2D eigenvalue weighted by Gasteiger charge is -2.30. The van der Waals surface area contributed by atoms with E-state index in [9.17, 15) is 4.79 Å².